The number of hydrogen-bond donors (Lipinski definition) is 8. The minimum absolute atomic E-state index is 0.243. The van der Waals surface area contributed by atoms with Gasteiger partial charge in [-0.1, -0.05) is 36.8 Å². The Morgan fingerprint density at radius 1 is 0.780 bits per heavy atom. The molecule has 228 valence electrons. The summed E-state index contributed by atoms with van der Waals surface area (Å²) in [5.74, 6) is -4.88. The molecule has 1 unspecified atom stereocenters. The lowest BCUT2D eigenvalue weighted by atomic mass is 10.1. The first kappa shape index (κ1) is 38.5. The number of hydrogen-bond acceptors (Lipinski definition) is 10. The van der Waals surface area contributed by atoms with Gasteiger partial charge in [-0.3, -0.25) is 38.5 Å². The van der Waals surface area contributed by atoms with E-state index in [1.165, 1.54) is 12.2 Å². The van der Waals surface area contributed by atoms with Gasteiger partial charge in [-0.05, 0) is 24.8 Å². The molecule has 1 atom stereocenters. The van der Waals surface area contributed by atoms with Crippen molar-refractivity contribution in [1.29, 1.82) is 0 Å². The molecule has 0 aromatic heterocycles. The fraction of sp³-hybridized carbons (Fsp3) is 0.400. The molecule has 0 fully saturated rings. The summed E-state index contributed by atoms with van der Waals surface area (Å²) in [6.45, 7) is -0.581. The van der Waals surface area contributed by atoms with E-state index in [-0.39, 0.29) is 43.8 Å². The maximum atomic E-state index is 11.2. The third-order valence-electron chi connectivity index (χ3n) is 4.59. The molecule has 41 heavy (non-hydrogen) atoms. The first-order valence-corrected chi connectivity index (χ1v) is 12.1. The second-order valence-electron chi connectivity index (χ2n) is 7.97. The van der Waals surface area contributed by atoms with Crippen LogP contribution in [0.15, 0.2) is 42.5 Å². The number of carbonyl (C=O) groups excluding carboxylic acids is 3. The van der Waals surface area contributed by atoms with Crippen molar-refractivity contribution in [2.45, 2.75) is 38.1 Å². The van der Waals surface area contributed by atoms with Crippen LogP contribution in [0.2, 0.25) is 0 Å². The molecule has 1 heterocycles. The Balaban J connectivity index is 0. The van der Waals surface area contributed by atoms with Gasteiger partial charge in [0.05, 0.1) is 13.1 Å². The number of imide groups is 1. The number of benzene rings is 1. The number of rotatable bonds is 13. The molecule has 0 radical (unpaired) electrons. The van der Waals surface area contributed by atoms with Gasteiger partial charge in [-0.25, -0.2) is 0 Å². The summed E-state index contributed by atoms with van der Waals surface area (Å²) in [5.41, 5.74) is 15.4. The zero-order valence-electron chi connectivity index (χ0n) is 22.3. The van der Waals surface area contributed by atoms with Gasteiger partial charge in [0.25, 0.3) is 11.8 Å². The number of carboxylic acid groups (broad SMARTS) is 4. The van der Waals surface area contributed by atoms with Crippen LogP contribution < -0.4 is 22.5 Å². The molecule has 16 nitrogen and oxygen atoms in total. The monoisotopic (exact) mass is 583 g/mol. The number of aliphatic carboxylic acids is 4. The third kappa shape index (κ3) is 23.0. The van der Waals surface area contributed by atoms with Crippen molar-refractivity contribution in [3.05, 3.63) is 48.0 Å². The Morgan fingerprint density at radius 3 is 1.68 bits per heavy atom. The molecular weight excluding hydrogens is 546 g/mol. The number of carboxylic acids is 4. The average Bonchev–Trinajstić information content (AvgIpc) is 3.25. The lowest BCUT2D eigenvalue weighted by Gasteiger charge is -2.12. The zero-order chi connectivity index (χ0) is 31.8. The molecule has 0 spiro atoms. The van der Waals surface area contributed by atoms with E-state index in [0.717, 1.165) is 10.5 Å². The number of amides is 3. The number of nitrogens with zero attached hydrogens (tertiary/aromatic N) is 1. The Hall–Kier alpha value is -4.67. The molecule has 2 rings (SSSR count). The molecule has 1 aliphatic rings. The van der Waals surface area contributed by atoms with E-state index in [1.54, 1.807) is 0 Å². The van der Waals surface area contributed by atoms with Crippen LogP contribution >= 0.6 is 0 Å². The van der Waals surface area contributed by atoms with Crippen molar-refractivity contribution in [2.24, 2.45) is 17.2 Å². The molecular formula is C25H37N5O11. The molecule has 1 aromatic carbocycles. The lowest BCUT2D eigenvalue weighted by molar-refractivity contribution is -0.139. The number of unbranched alkanes of at least 4 members (excludes halogenated alkanes) is 2. The van der Waals surface area contributed by atoms with Crippen LogP contribution in [0.25, 0.3) is 0 Å². The average molecular weight is 584 g/mol. The van der Waals surface area contributed by atoms with Crippen LogP contribution in [0.1, 0.15) is 31.2 Å². The Morgan fingerprint density at radius 2 is 1.27 bits per heavy atom. The Kier molecular flexibility index (Phi) is 21.8. The molecule has 0 saturated heterocycles. The van der Waals surface area contributed by atoms with Crippen LogP contribution in [0.3, 0.4) is 0 Å². The highest BCUT2D eigenvalue weighted by atomic mass is 16.4. The second kappa shape index (κ2) is 23.2. The molecule has 3 amide bonds. The van der Waals surface area contributed by atoms with Gasteiger partial charge in [-0.15, -0.1) is 0 Å². The highest BCUT2D eigenvalue weighted by Gasteiger charge is 2.22. The maximum Gasteiger partial charge on any atom is 0.322 e. The fourth-order valence-electron chi connectivity index (χ4n) is 2.60. The first-order valence-electron chi connectivity index (χ1n) is 12.1. The highest BCUT2D eigenvalue weighted by molar-refractivity contribution is 6.12. The van der Waals surface area contributed by atoms with Crippen molar-refractivity contribution >= 4 is 41.6 Å². The van der Waals surface area contributed by atoms with Gasteiger partial charge in [0.1, 0.15) is 12.6 Å². The first-order chi connectivity index (χ1) is 19.2. The van der Waals surface area contributed by atoms with E-state index in [2.05, 4.69) is 16.8 Å². The van der Waals surface area contributed by atoms with Gasteiger partial charge < -0.3 is 42.9 Å². The summed E-state index contributed by atoms with van der Waals surface area (Å²) < 4.78 is 0. The van der Waals surface area contributed by atoms with Gasteiger partial charge >= 0.3 is 23.9 Å². The van der Waals surface area contributed by atoms with Gasteiger partial charge in [0.15, 0.2) is 0 Å². The number of nitrogens with two attached hydrogens (primary N) is 3. The van der Waals surface area contributed by atoms with Crippen molar-refractivity contribution < 1.29 is 54.0 Å². The van der Waals surface area contributed by atoms with Crippen molar-refractivity contribution in [3.63, 3.8) is 0 Å². The SMILES string of the molecule is NC(Cc1ccccc1)C(=O)O.NCC(=O)O.NCC(=O)O.O=C(O)CNC(=O)CCCCCN1C(=O)C=CC1=O. The standard InChI is InChI=1S/C12H16N2O5.C9H11NO2.2C2H5NO2/c15-9(13-8-12(18)19)4-2-1-3-7-14-10(16)5-6-11(14)17;10-8(9(11)12)6-7-4-2-1-3-5-7;2*3-1-2(4)5/h5-6H,1-4,7-8H2,(H,13,15)(H,18,19);1-5,8H,6,10H2,(H,11,12);2*1,3H2,(H,4,5). The van der Waals surface area contributed by atoms with Crippen molar-refractivity contribution in [1.82, 2.24) is 10.2 Å². The molecule has 11 N–H and O–H groups in total. The summed E-state index contributed by atoms with van der Waals surface area (Å²) >= 11 is 0. The largest absolute Gasteiger partial charge is 0.480 e. The molecule has 1 aliphatic heterocycles. The van der Waals surface area contributed by atoms with Crippen LogP contribution in [-0.4, -0.2) is 99.1 Å². The van der Waals surface area contributed by atoms with Gasteiger partial charge in [0.2, 0.25) is 5.91 Å². The van der Waals surface area contributed by atoms with Gasteiger partial charge in [-0.2, -0.15) is 0 Å². The molecule has 1 aromatic rings. The Labute approximate surface area is 235 Å². The third-order valence-corrected chi connectivity index (χ3v) is 4.59. The van der Waals surface area contributed by atoms with Crippen molar-refractivity contribution in [3.8, 4) is 0 Å². The van der Waals surface area contributed by atoms with E-state index in [1.807, 2.05) is 30.3 Å². The molecule has 0 aliphatic carbocycles. The Bertz CT molecular complexity index is 1000. The number of nitrogens with one attached hydrogen (secondary N) is 1. The van der Waals surface area contributed by atoms with E-state index in [9.17, 15) is 33.6 Å². The minimum atomic E-state index is -1.08. The summed E-state index contributed by atoms with van der Waals surface area (Å²) in [6, 6.07) is 8.54. The predicted octanol–water partition coefficient (Wildman–Crippen LogP) is -1.63. The van der Waals surface area contributed by atoms with Crippen molar-refractivity contribution in [2.75, 3.05) is 26.2 Å². The highest BCUT2D eigenvalue weighted by Crippen LogP contribution is 2.07. The molecule has 16 heteroatoms. The topological polar surface area (TPSA) is 294 Å². The second-order valence-corrected chi connectivity index (χ2v) is 7.97. The van der Waals surface area contributed by atoms with Crippen LogP contribution in [-0.2, 0) is 40.0 Å². The smallest absolute Gasteiger partial charge is 0.322 e. The fourth-order valence-corrected chi connectivity index (χ4v) is 2.60. The normalized spacial score (nSPS) is 11.9. The van der Waals surface area contributed by atoms with Crippen LogP contribution in [0, 0.1) is 0 Å². The van der Waals surface area contributed by atoms with E-state index < -0.39 is 29.9 Å². The van der Waals surface area contributed by atoms with Crippen LogP contribution in [0.5, 0.6) is 0 Å². The molecule has 0 bridgehead atoms. The maximum absolute atomic E-state index is 11.2. The summed E-state index contributed by atoms with van der Waals surface area (Å²) in [5, 5.41) is 34.3. The quantitative estimate of drug-likeness (QED) is 0.0955. The van der Waals surface area contributed by atoms with E-state index >= 15 is 0 Å². The number of carbonyl (C=O) groups is 7. The van der Waals surface area contributed by atoms with Crippen LogP contribution in [0.4, 0.5) is 0 Å². The zero-order valence-corrected chi connectivity index (χ0v) is 22.3. The predicted molar refractivity (Wildman–Crippen MR) is 144 cm³/mol. The lowest BCUT2D eigenvalue weighted by Crippen LogP contribution is -2.32. The summed E-state index contributed by atoms with van der Waals surface area (Å²) in [7, 11) is 0. The minimum Gasteiger partial charge on any atom is -0.480 e. The summed E-state index contributed by atoms with van der Waals surface area (Å²) in [6.07, 6.45) is 5.02. The van der Waals surface area contributed by atoms with E-state index in [0.29, 0.717) is 32.2 Å². The van der Waals surface area contributed by atoms with E-state index in [4.69, 9.17) is 26.2 Å². The van der Waals surface area contributed by atoms with Gasteiger partial charge in [0, 0.05) is 25.1 Å². The summed E-state index contributed by atoms with van der Waals surface area (Å²) in [4.78, 5) is 73.8. The molecule has 0 saturated carbocycles.